The fraction of sp³-hybridized carbons (Fsp3) is 0.391. The maximum atomic E-state index is 13.0. The van der Waals surface area contributed by atoms with Gasteiger partial charge in [0.05, 0.1) is 10.7 Å². The van der Waals surface area contributed by atoms with Gasteiger partial charge in [-0.15, -0.1) is 11.8 Å². The third-order valence-electron chi connectivity index (χ3n) is 4.83. The van der Waals surface area contributed by atoms with Crippen molar-refractivity contribution in [3.8, 4) is 0 Å². The number of hydrogen-bond acceptors (Lipinski definition) is 5. The van der Waals surface area contributed by atoms with E-state index in [1.807, 2.05) is 30.3 Å². The Hall–Kier alpha value is -2.87. The lowest BCUT2D eigenvalue weighted by Crippen LogP contribution is -2.48. The average Bonchev–Trinajstić information content (AvgIpc) is 2.78. The second-order valence-electron chi connectivity index (χ2n) is 7.24. The summed E-state index contributed by atoms with van der Waals surface area (Å²) in [5.74, 6) is 0.503. The predicted molar refractivity (Wildman–Crippen MR) is 124 cm³/mol. The molecule has 0 radical (unpaired) electrons. The lowest BCUT2D eigenvalue weighted by molar-refractivity contribution is -0.384. The summed E-state index contributed by atoms with van der Waals surface area (Å²) in [5, 5.41) is 13.7. The first-order valence-corrected chi connectivity index (χ1v) is 11.5. The van der Waals surface area contributed by atoms with E-state index in [0.29, 0.717) is 18.8 Å². The van der Waals surface area contributed by atoms with Crippen molar-refractivity contribution >= 4 is 29.3 Å². The van der Waals surface area contributed by atoms with Crippen LogP contribution >= 0.6 is 11.8 Å². The van der Waals surface area contributed by atoms with Gasteiger partial charge < -0.3 is 10.2 Å². The molecule has 0 unspecified atom stereocenters. The maximum Gasteiger partial charge on any atom is 0.269 e. The molecule has 1 N–H and O–H groups in total. The summed E-state index contributed by atoms with van der Waals surface area (Å²) in [6, 6.07) is 15.3. The number of nitro groups is 1. The van der Waals surface area contributed by atoms with Crippen LogP contribution in [0.5, 0.6) is 0 Å². The standard InChI is InChI=1S/C23H29N3O4S/c1-3-4-14-24-23(28)18(2)25(15-19-8-6-5-7-9-19)22(27)17-31-16-20-10-12-21(13-11-20)26(29)30/h5-13,18H,3-4,14-17H2,1-2H3,(H,24,28)/t18-/m0/s1. The molecule has 0 fully saturated rings. The maximum absolute atomic E-state index is 13.0. The quantitative estimate of drug-likeness (QED) is 0.302. The minimum Gasteiger partial charge on any atom is -0.354 e. The number of nitrogens with zero attached hydrogens (tertiary/aromatic N) is 2. The summed E-state index contributed by atoms with van der Waals surface area (Å²) in [5.41, 5.74) is 1.91. The van der Waals surface area contributed by atoms with Gasteiger partial charge in [0.15, 0.2) is 0 Å². The number of carbonyl (C=O) groups excluding carboxylic acids is 2. The Bertz CT molecular complexity index is 859. The molecule has 0 aliphatic rings. The molecule has 0 aliphatic heterocycles. The molecule has 0 saturated heterocycles. The summed E-state index contributed by atoms with van der Waals surface area (Å²) < 4.78 is 0. The van der Waals surface area contributed by atoms with Crippen LogP contribution in [-0.4, -0.2) is 40.0 Å². The van der Waals surface area contributed by atoms with Crippen LogP contribution in [0, 0.1) is 10.1 Å². The number of nitrogens with one attached hydrogen (secondary N) is 1. The van der Waals surface area contributed by atoms with Crippen LogP contribution in [-0.2, 0) is 21.9 Å². The topological polar surface area (TPSA) is 92.6 Å². The fourth-order valence-electron chi connectivity index (χ4n) is 2.95. The molecule has 0 aliphatic carbocycles. The van der Waals surface area contributed by atoms with Crippen LogP contribution in [0.4, 0.5) is 5.69 Å². The molecule has 7 nitrogen and oxygen atoms in total. The molecular formula is C23H29N3O4S. The number of non-ortho nitro benzene ring substituents is 1. The van der Waals surface area contributed by atoms with Crippen molar-refractivity contribution in [1.82, 2.24) is 10.2 Å². The van der Waals surface area contributed by atoms with Crippen LogP contribution in [0.2, 0.25) is 0 Å². The zero-order valence-corrected chi connectivity index (χ0v) is 18.8. The highest BCUT2D eigenvalue weighted by molar-refractivity contribution is 7.99. The number of benzene rings is 2. The second kappa shape index (κ2) is 12.7. The number of rotatable bonds is 12. The normalized spacial score (nSPS) is 11.5. The molecule has 2 aromatic carbocycles. The van der Waals surface area contributed by atoms with Crippen LogP contribution in [0.1, 0.15) is 37.8 Å². The number of unbranched alkanes of at least 4 members (excludes halogenated alkanes) is 1. The molecule has 0 bridgehead atoms. The predicted octanol–water partition coefficient (Wildman–Crippen LogP) is 4.16. The van der Waals surface area contributed by atoms with Gasteiger partial charge in [-0.3, -0.25) is 19.7 Å². The van der Waals surface area contributed by atoms with Gasteiger partial charge in [0.25, 0.3) is 5.69 Å². The highest BCUT2D eigenvalue weighted by atomic mass is 32.2. The van der Waals surface area contributed by atoms with Crippen LogP contribution in [0.15, 0.2) is 54.6 Å². The van der Waals surface area contributed by atoms with E-state index in [-0.39, 0.29) is 23.3 Å². The summed E-state index contributed by atoms with van der Waals surface area (Å²) in [6.07, 6.45) is 1.89. The molecule has 2 aromatic rings. The van der Waals surface area contributed by atoms with E-state index in [4.69, 9.17) is 0 Å². The zero-order chi connectivity index (χ0) is 22.6. The van der Waals surface area contributed by atoms with Crippen LogP contribution in [0.25, 0.3) is 0 Å². The number of hydrogen-bond donors (Lipinski definition) is 1. The smallest absolute Gasteiger partial charge is 0.269 e. The van der Waals surface area contributed by atoms with Gasteiger partial charge in [-0.1, -0.05) is 55.8 Å². The third kappa shape index (κ3) is 8.05. The number of amides is 2. The SMILES string of the molecule is CCCCNC(=O)[C@H](C)N(Cc1ccccc1)C(=O)CSCc1ccc([N+](=O)[O-])cc1. The van der Waals surface area contributed by atoms with Crippen molar-refractivity contribution in [3.63, 3.8) is 0 Å². The Balaban J connectivity index is 1.99. The van der Waals surface area contributed by atoms with Crippen molar-refractivity contribution in [2.75, 3.05) is 12.3 Å². The van der Waals surface area contributed by atoms with Gasteiger partial charge >= 0.3 is 0 Å². The van der Waals surface area contributed by atoms with E-state index in [2.05, 4.69) is 12.2 Å². The number of nitro benzene ring substituents is 1. The highest BCUT2D eigenvalue weighted by Crippen LogP contribution is 2.18. The van der Waals surface area contributed by atoms with Gasteiger partial charge in [0.1, 0.15) is 6.04 Å². The van der Waals surface area contributed by atoms with Crippen molar-refractivity contribution in [2.45, 2.75) is 45.0 Å². The van der Waals surface area contributed by atoms with Gasteiger partial charge in [-0.05, 0) is 24.5 Å². The molecular weight excluding hydrogens is 414 g/mol. The molecule has 0 saturated carbocycles. The summed E-state index contributed by atoms with van der Waals surface area (Å²) in [4.78, 5) is 37.5. The monoisotopic (exact) mass is 443 g/mol. The first kappa shape index (κ1) is 24.4. The number of thioether (sulfide) groups is 1. The minimum absolute atomic E-state index is 0.0433. The van der Waals surface area contributed by atoms with E-state index in [1.54, 1.807) is 24.0 Å². The van der Waals surface area contributed by atoms with E-state index >= 15 is 0 Å². The average molecular weight is 444 g/mol. The van der Waals surface area contributed by atoms with Crippen molar-refractivity contribution < 1.29 is 14.5 Å². The van der Waals surface area contributed by atoms with Crippen LogP contribution < -0.4 is 5.32 Å². The fourth-order valence-corrected chi connectivity index (χ4v) is 3.82. The van der Waals surface area contributed by atoms with Gasteiger partial charge in [0.2, 0.25) is 11.8 Å². The Morgan fingerprint density at radius 1 is 1.10 bits per heavy atom. The summed E-state index contributed by atoms with van der Waals surface area (Å²) >= 11 is 1.43. The number of carbonyl (C=O) groups is 2. The Labute approximate surface area is 187 Å². The Morgan fingerprint density at radius 2 is 1.77 bits per heavy atom. The summed E-state index contributed by atoms with van der Waals surface area (Å²) in [7, 11) is 0. The molecule has 2 rings (SSSR count). The Kier molecular flexibility index (Phi) is 10.0. The minimum atomic E-state index is -0.579. The van der Waals surface area contributed by atoms with E-state index < -0.39 is 11.0 Å². The Morgan fingerprint density at radius 3 is 2.39 bits per heavy atom. The molecule has 8 heteroatoms. The van der Waals surface area contributed by atoms with Crippen molar-refractivity contribution in [3.05, 3.63) is 75.8 Å². The zero-order valence-electron chi connectivity index (χ0n) is 18.0. The molecule has 0 spiro atoms. The lowest BCUT2D eigenvalue weighted by atomic mass is 10.1. The lowest BCUT2D eigenvalue weighted by Gasteiger charge is -2.28. The highest BCUT2D eigenvalue weighted by Gasteiger charge is 2.25. The van der Waals surface area contributed by atoms with E-state index in [0.717, 1.165) is 24.0 Å². The van der Waals surface area contributed by atoms with E-state index in [1.165, 1.54) is 23.9 Å². The molecule has 31 heavy (non-hydrogen) atoms. The van der Waals surface area contributed by atoms with Gasteiger partial charge in [-0.25, -0.2) is 0 Å². The molecule has 0 heterocycles. The molecule has 2 amide bonds. The third-order valence-corrected chi connectivity index (χ3v) is 5.82. The van der Waals surface area contributed by atoms with Crippen LogP contribution in [0.3, 0.4) is 0 Å². The summed E-state index contributed by atoms with van der Waals surface area (Å²) in [6.45, 7) is 4.77. The van der Waals surface area contributed by atoms with E-state index in [9.17, 15) is 19.7 Å². The second-order valence-corrected chi connectivity index (χ2v) is 8.23. The molecule has 166 valence electrons. The molecule has 1 atom stereocenters. The van der Waals surface area contributed by atoms with Gasteiger partial charge in [0, 0.05) is 31.0 Å². The first-order valence-electron chi connectivity index (χ1n) is 10.3. The largest absolute Gasteiger partial charge is 0.354 e. The molecule has 0 aromatic heterocycles. The first-order chi connectivity index (χ1) is 14.9. The van der Waals surface area contributed by atoms with Crippen molar-refractivity contribution in [1.29, 1.82) is 0 Å². The van der Waals surface area contributed by atoms with Crippen molar-refractivity contribution in [2.24, 2.45) is 0 Å². The van der Waals surface area contributed by atoms with Gasteiger partial charge in [-0.2, -0.15) is 0 Å².